The van der Waals surface area contributed by atoms with Gasteiger partial charge in [-0.1, -0.05) is 92.2 Å². The Hall–Kier alpha value is -4.50. The highest BCUT2D eigenvalue weighted by Crippen LogP contribution is 2.58. The average molecular weight is 525 g/mol. The summed E-state index contributed by atoms with van der Waals surface area (Å²) < 4.78 is 18.3. The molecule has 0 aromatic heterocycles. The van der Waals surface area contributed by atoms with Crippen molar-refractivity contribution in [2.75, 3.05) is 14.2 Å². The van der Waals surface area contributed by atoms with Crippen LogP contribution in [0.1, 0.15) is 47.2 Å². The fraction of sp³-hybridized carbons (Fsp3) is 0.189. The molecule has 5 aromatic carbocycles. The van der Waals surface area contributed by atoms with Crippen LogP contribution in [-0.4, -0.2) is 14.2 Å². The van der Waals surface area contributed by atoms with E-state index in [4.69, 9.17) is 14.2 Å². The van der Waals surface area contributed by atoms with Crippen LogP contribution >= 0.6 is 0 Å². The molecule has 0 atom stereocenters. The van der Waals surface area contributed by atoms with Crippen LogP contribution in [0.15, 0.2) is 97.1 Å². The van der Waals surface area contributed by atoms with Gasteiger partial charge in [0.05, 0.1) is 14.2 Å². The molecule has 0 radical (unpaired) electrons. The van der Waals surface area contributed by atoms with Gasteiger partial charge in [-0.15, -0.1) is 0 Å². The van der Waals surface area contributed by atoms with Gasteiger partial charge in [-0.3, -0.25) is 0 Å². The molecular formula is C37H32O3. The van der Waals surface area contributed by atoms with Gasteiger partial charge in [0.15, 0.2) is 5.60 Å². The molecule has 1 aliphatic carbocycles. The van der Waals surface area contributed by atoms with E-state index in [0.717, 1.165) is 39.3 Å². The quantitative estimate of drug-likeness (QED) is 0.235. The summed E-state index contributed by atoms with van der Waals surface area (Å²) in [4.78, 5) is 0. The first-order chi connectivity index (χ1) is 19.4. The van der Waals surface area contributed by atoms with Gasteiger partial charge in [-0.05, 0) is 64.9 Å². The zero-order valence-corrected chi connectivity index (χ0v) is 23.5. The Kier molecular flexibility index (Phi) is 5.37. The minimum atomic E-state index is -0.825. The predicted molar refractivity (Wildman–Crippen MR) is 163 cm³/mol. The number of aryl methyl sites for hydroxylation is 1. The van der Waals surface area contributed by atoms with E-state index in [1.54, 1.807) is 14.2 Å². The molecule has 3 nitrogen and oxygen atoms in total. The van der Waals surface area contributed by atoms with Crippen molar-refractivity contribution in [3.8, 4) is 28.4 Å². The normalized spacial score (nSPS) is 15.6. The number of hydrogen-bond acceptors (Lipinski definition) is 3. The van der Waals surface area contributed by atoms with E-state index in [2.05, 4.69) is 99.7 Å². The van der Waals surface area contributed by atoms with E-state index in [1.807, 2.05) is 24.3 Å². The topological polar surface area (TPSA) is 27.7 Å². The highest BCUT2D eigenvalue weighted by atomic mass is 16.5. The lowest BCUT2D eigenvalue weighted by atomic mass is 9.76. The zero-order valence-electron chi connectivity index (χ0n) is 23.5. The van der Waals surface area contributed by atoms with Crippen molar-refractivity contribution in [3.05, 3.63) is 130 Å². The molecular weight excluding hydrogens is 492 g/mol. The van der Waals surface area contributed by atoms with Crippen LogP contribution in [-0.2, 0) is 11.0 Å². The number of hydrogen-bond donors (Lipinski definition) is 0. The molecule has 3 heteroatoms. The Labute approximate surface area is 235 Å². The van der Waals surface area contributed by atoms with Gasteiger partial charge in [0.2, 0.25) is 0 Å². The number of rotatable bonds is 4. The largest absolute Gasteiger partial charge is 0.497 e. The number of fused-ring (bicyclic) bond motifs is 8. The Morgan fingerprint density at radius 1 is 0.700 bits per heavy atom. The lowest BCUT2D eigenvalue weighted by Crippen LogP contribution is -2.35. The van der Waals surface area contributed by atoms with Crippen LogP contribution in [0.2, 0.25) is 0 Å². The molecule has 2 aliphatic rings. The van der Waals surface area contributed by atoms with Crippen molar-refractivity contribution in [2.24, 2.45) is 0 Å². The first kappa shape index (κ1) is 24.5. The third kappa shape index (κ3) is 3.37. The fourth-order valence-electron chi connectivity index (χ4n) is 6.70. The van der Waals surface area contributed by atoms with E-state index in [9.17, 15) is 0 Å². The van der Waals surface area contributed by atoms with E-state index in [-0.39, 0.29) is 5.41 Å². The predicted octanol–water partition coefficient (Wildman–Crippen LogP) is 8.82. The Morgan fingerprint density at radius 3 is 1.90 bits per heavy atom. The molecule has 1 aliphatic heterocycles. The first-order valence-electron chi connectivity index (χ1n) is 13.8. The van der Waals surface area contributed by atoms with Crippen molar-refractivity contribution in [1.82, 2.24) is 0 Å². The van der Waals surface area contributed by atoms with Crippen LogP contribution in [0.4, 0.5) is 0 Å². The minimum absolute atomic E-state index is 0.168. The van der Waals surface area contributed by atoms with E-state index < -0.39 is 5.60 Å². The second-order valence-corrected chi connectivity index (χ2v) is 11.3. The Morgan fingerprint density at radius 2 is 1.30 bits per heavy atom. The van der Waals surface area contributed by atoms with Gasteiger partial charge < -0.3 is 14.2 Å². The first-order valence-corrected chi connectivity index (χ1v) is 13.8. The number of methoxy groups -OCH3 is 2. The molecule has 1 heterocycles. The summed E-state index contributed by atoms with van der Waals surface area (Å²) in [6.45, 7) is 6.86. The van der Waals surface area contributed by atoms with E-state index in [1.165, 1.54) is 33.2 Å². The third-order valence-electron chi connectivity index (χ3n) is 8.73. The summed E-state index contributed by atoms with van der Waals surface area (Å²) in [5.41, 5.74) is 8.85. The van der Waals surface area contributed by atoms with Crippen molar-refractivity contribution >= 4 is 16.8 Å². The van der Waals surface area contributed by atoms with E-state index >= 15 is 0 Å². The van der Waals surface area contributed by atoms with Gasteiger partial charge in [0, 0.05) is 27.5 Å². The number of ether oxygens (including phenoxy) is 3. The smallest absolute Gasteiger partial charge is 0.178 e. The maximum atomic E-state index is 7.32. The van der Waals surface area contributed by atoms with Gasteiger partial charge in [-0.25, -0.2) is 0 Å². The monoisotopic (exact) mass is 524 g/mol. The molecule has 0 saturated heterocycles. The maximum Gasteiger partial charge on any atom is 0.178 e. The molecule has 7 rings (SSSR count). The molecule has 0 N–H and O–H groups in total. The van der Waals surface area contributed by atoms with Gasteiger partial charge in [-0.2, -0.15) is 0 Å². The molecule has 198 valence electrons. The van der Waals surface area contributed by atoms with Crippen molar-refractivity contribution in [1.29, 1.82) is 0 Å². The van der Waals surface area contributed by atoms with Gasteiger partial charge in [0.25, 0.3) is 0 Å². The summed E-state index contributed by atoms with van der Waals surface area (Å²) in [6, 6.07) is 31.9. The summed E-state index contributed by atoms with van der Waals surface area (Å²) in [5.74, 6) is 2.54. The highest BCUT2D eigenvalue weighted by Gasteiger charge is 2.44. The van der Waals surface area contributed by atoms with E-state index in [0.29, 0.717) is 0 Å². The fourth-order valence-corrected chi connectivity index (χ4v) is 6.70. The minimum Gasteiger partial charge on any atom is -0.497 e. The summed E-state index contributed by atoms with van der Waals surface area (Å²) in [7, 11) is 3.38. The highest BCUT2D eigenvalue weighted by molar-refractivity contribution is 6.08. The molecule has 0 saturated carbocycles. The van der Waals surface area contributed by atoms with Crippen LogP contribution in [0.25, 0.3) is 28.0 Å². The zero-order chi connectivity index (χ0) is 27.6. The van der Waals surface area contributed by atoms with Crippen LogP contribution in [0.3, 0.4) is 0 Å². The Bertz CT molecular complexity index is 1760. The number of benzene rings is 5. The molecule has 40 heavy (non-hydrogen) atoms. The molecule has 5 aromatic rings. The lowest BCUT2D eigenvalue weighted by Gasteiger charge is -2.38. The van der Waals surface area contributed by atoms with Gasteiger partial charge in [0.1, 0.15) is 17.2 Å². The molecule has 0 unspecified atom stereocenters. The van der Waals surface area contributed by atoms with Crippen LogP contribution in [0.5, 0.6) is 17.2 Å². The molecule has 0 spiro atoms. The SMILES string of the molecule is COc1ccc(C2(c3ccc(OC)cc3)C=Cc3c4c(c5ccccc5c3O2)-c2ccc(C)cc2C4(C)C)cc1. The summed E-state index contributed by atoms with van der Waals surface area (Å²) in [5, 5.41) is 2.34. The molecule has 0 fully saturated rings. The average Bonchev–Trinajstić information content (AvgIpc) is 3.23. The van der Waals surface area contributed by atoms with Crippen molar-refractivity contribution < 1.29 is 14.2 Å². The maximum absolute atomic E-state index is 7.32. The molecule has 0 amide bonds. The summed E-state index contributed by atoms with van der Waals surface area (Å²) >= 11 is 0. The van der Waals surface area contributed by atoms with Crippen molar-refractivity contribution in [3.63, 3.8) is 0 Å². The lowest BCUT2D eigenvalue weighted by molar-refractivity contribution is 0.163. The Balaban J connectivity index is 1.52. The van der Waals surface area contributed by atoms with Crippen LogP contribution in [0, 0.1) is 6.92 Å². The second kappa shape index (κ2) is 8.76. The van der Waals surface area contributed by atoms with Crippen LogP contribution < -0.4 is 14.2 Å². The summed E-state index contributed by atoms with van der Waals surface area (Å²) in [6.07, 6.45) is 4.51. The molecule has 0 bridgehead atoms. The van der Waals surface area contributed by atoms with Crippen molar-refractivity contribution in [2.45, 2.75) is 31.8 Å². The van der Waals surface area contributed by atoms with Gasteiger partial charge >= 0.3 is 0 Å². The second-order valence-electron chi connectivity index (χ2n) is 11.3. The standard InChI is InChI=1S/C37H32O3/c1-23-10-19-30-32(22-23)36(2,3)34-31-20-21-37(24-11-15-26(38-4)16-12-24,25-13-17-27(39-5)18-14-25)40-35(31)29-9-7-6-8-28(29)33(30)34/h6-22H,1-5H3. The third-order valence-corrected chi connectivity index (χ3v) is 8.73.